The number of rotatable bonds is 7. The minimum Gasteiger partial charge on any atom is -0.455 e. The number of aryl methyl sites for hydroxylation is 2. The summed E-state index contributed by atoms with van der Waals surface area (Å²) in [4.78, 5) is 24.2. The zero-order chi connectivity index (χ0) is 21.7. The Labute approximate surface area is 175 Å². The molecule has 1 aliphatic heterocycles. The number of ether oxygens (including phenoxy) is 1. The van der Waals surface area contributed by atoms with Crippen LogP contribution in [0.5, 0.6) is 0 Å². The van der Waals surface area contributed by atoms with E-state index in [0.717, 1.165) is 22.4 Å². The zero-order valence-electron chi connectivity index (χ0n) is 16.8. The van der Waals surface area contributed by atoms with Crippen molar-refractivity contribution in [2.24, 2.45) is 5.10 Å². The topological polar surface area (TPSA) is 105 Å². The molecule has 0 unspecified atom stereocenters. The molecule has 0 fully saturated rings. The normalized spacial score (nSPS) is 13.8. The van der Waals surface area contributed by atoms with E-state index in [0.29, 0.717) is 13.0 Å². The van der Waals surface area contributed by atoms with Crippen LogP contribution in [0.25, 0.3) is 0 Å². The number of hydrazone groups is 1. The Kier molecular flexibility index (Phi) is 6.63. The second kappa shape index (κ2) is 9.19. The maximum atomic E-state index is 12.3. The highest BCUT2D eigenvalue weighted by molar-refractivity contribution is 7.89. The quantitative estimate of drug-likeness (QED) is 0.676. The van der Waals surface area contributed by atoms with E-state index in [2.05, 4.69) is 9.82 Å². The standard InChI is InChI=1S/C21H23N3O5S/c1-15-8-9-18(12-16(15)2)30(27,28)22-13-21(26)29-14-20(25)24-11-10-19(23-24)17-6-4-3-5-7-17/h3-9,12,22H,10-11,13-14H2,1-2H3. The number of nitrogens with one attached hydrogen (secondary N) is 1. The molecule has 1 heterocycles. The Morgan fingerprint density at radius 1 is 1.10 bits per heavy atom. The van der Waals surface area contributed by atoms with Crippen LogP contribution in [0.3, 0.4) is 0 Å². The molecular formula is C21H23N3O5S. The van der Waals surface area contributed by atoms with Gasteiger partial charge in [-0.1, -0.05) is 36.4 Å². The van der Waals surface area contributed by atoms with Crippen molar-refractivity contribution in [3.05, 3.63) is 65.2 Å². The molecule has 2 aromatic carbocycles. The van der Waals surface area contributed by atoms with Gasteiger partial charge in [0.1, 0.15) is 6.54 Å². The molecule has 0 atom stereocenters. The lowest BCUT2D eigenvalue weighted by molar-refractivity contribution is -0.150. The minimum absolute atomic E-state index is 0.0642. The van der Waals surface area contributed by atoms with Gasteiger partial charge in [-0.2, -0.15) is 9.82 Å². The van der Waals surface area contributed by atoms with Crippen LogP contribution in [0, 0.1) is 13.8 Å². The Morgan fingerprint density at radius 3 is 2.53 bits per heavy atom. The monoisotopic (exact) mass is 429 g/mol. The van der Waals surface area contributed by atoms with Crippen molar-refractivity contribution in [3.63, 3.8) is 0 Å². The lowest BCUT2D eigenvalue weighted by Crippen LogP contribution is -2.34. The van der Waals surface area contributed by atoms with Gasteiger partial charge in [0.25, 0.3) is 5.91 Å². The third-order valence-electron chi connectivity index (χ3n) is 4.75. The molecular weight excluding hydrogens is 406 g/mol. The van der Waals surface area contributed by atoms with E-state index >= 15 is 0 Å². The summed E-state index contributed by atoms with van der Waals surface area (Å²) in [5.74, 6) is -1.31. The molecule has 0 spiro atoms. The third kappa shape index (κ3) is 5.31. The molecule has 2 aromatic rings. The molecule has 0 saturated heterocycles. The fourth-order valence-corrected chi connectivity index (χ4v) is 3.91. The van der Waals surface area contributed by atoms with Gasteiger partial charge in [-0.05, 0) is 42.7 Å². The van der Waals surface area contributed by atoms with Gasteiger partial charge in [0, 0.05) is 6.42 Å². The van der Waals surface area contributed by atoms with E-state index < -0.39 is 35.1 Å². The molecule has 0 bridgehead atoms. The lowest BCUT2D eigenvalue weighted by atomic mass is 10.1. The van der Waals surface area contributed by atoms with Crippen molar-refractivity contribution in [2.75, 3.05) is 19.7 Å². The Hall–Kier alpha value is -3.04. The molecule has 158 valence electrons. The largest absolute Gasteiger partial charge is 0.455 e. The van der Waals surface area contributed by atoms with Crippen molar-refractivity contribution in [1.82, 2.24) is 9.73 Å². The first-order valence-corrected chi connectivity index (χ1v) is 10.9. The van der Waals surface area contributed by atoms with Crippen LogP contribution in [0.4, 0.5) is 0 Å². The first-order chi connectivity index (χ1) is 14.3. The number of sulfonamides is 1. The number of hydrogen-bond donors (Lipinski definition) is 1. The zero-order valence-corrected chi connectivity index (χ0v) is 17.6. The molecule has 3 rings (SSSR count). The Balaban J connectivity index is 1.49. The summed E-state index contributed by atoms with van der Waals surface area (Å²) < 4.78 is 31.7. The van der Waals surface area contributed by atoms with Gasteiger partial charge in [-0.15, -0.1) is 0 Å². The number of esters is 1. The number of benzene rings is 2. The summed E-state index contributed by atoms with van der Waals surface area (Å²) >= 11 is 0. The van der Waals surface area contributed by atoms with Gasteiger partial charge >= 0.3 is 5.97 Å². The van der Waals surface area contributed by atoms with E-state index in [-0.39, 0.29) is 4.90 Å². The maximum absolute atomic E-state index is 12.3. The smallest absolute Gasteiger partial charge is 0.321 e. The van der Waals surface area contributed by atoms with Gasteiger partial charge < -0.3 is 4.74 Å². The maximum Gasteiger partial charge on any atom is 0.321 e. The molecule has 0 aromatic heterocycles. The van der Waals surface area contributed by atoms with Crippen LogP contribution in [0.2, 0.25) is 0 Å². The second-order valence-electron chi connectivity index (χ2n) is 6.91. The van der Waals surface area contributed by atoms with E-state index in [9.17, 15) is 18.0 Å². The summed E-state index contributed by atoms with van der Waals surface area (Å²) in [5, 5.41) is 5.53. The van der Waals surface area contributed by atoms with Crippen molar-refractivity contribution in [1.29, 1.82) is 0 Å². The van der Waals surface area contributed by atoms with Gasteiger partial charge in [0.15, 0.2) is 6.61 Å². The van der Waals surface area contributed by atoms with Crippen LogP contribution in [0.1, 0.15) is 23.1 Å². The number of carbonyl (C=O) groups is 2. The molecule has 30 heavy (non-hydrogen) atoms. The van der Waals surface area contributed by atoms with Gasteiger partial charge in [-0.3, -0.25) is 9.59 Å². The number of hydrogen-bond acceptors (Lipinski definition) is 6. The van der Waals surface area contributed by atoms with Crippen LogP contribution < -0.4 is 4.72 Å². The summed E-state index contributed by atoms with van der Waals surface area (Å²) in [6.07, 6.45) is 0.611. The van der Waals surface area contributed by atoms with Gasteiger partial charge in [0.05, 0.1) is 17.2 Å². The predicted octanol–water partition coefficient (Wildman–Crippen LogP) is 1.76. The number of amides is 1. The van der Waals surface area contributed by atoms with E-state index in [4.69, 9.17) is 4.74 Å². The van der Waals surface area contributed by atoms with Crippen molar-refractivity contribution < 1.29 is 22.7 Å². The van der Waals surface area contributed by atoms with Crippen LogP contribution >= 0.6 is 0 Å². The highest BCUT2D eigenvalue weighted by atomic mass is 32.2. The summed E-state index contributed by atoms with van der Waals surface area (Å²) in [6.45, 7) is 3.01. The van der Waals surface area contributed by atoms with E-state index in [1.165, 1.54) is 17.1 Å². The van der Waals surface area contributed by atoms with Crippen molar-refractivity contribution >= 4 is 27.6 Å². The van der Waals surface area contributed by atoms with Crippen LogP contribution in [-0.4, -0.2) is 50.7 Å². The molecule has 0 saturated carbocycles. The first-order valence-electron chi connectivity index (χ1n) is 9.42. The molecule has 1 aliphatic rings. The summed E-state index contributed by atoms with van der Waals surface area (Å²) in [5.41, 5.74) is 3.51. The fraction of sp³-hybridized carbons (Fsp3) is 0.286. The van der Waals surface area contributed by atoms with Crippen LogP contribution in [-0.2, 0) is 24.3 Å². The summed E-state index contributed by atoms with van der Waals surface area (Å²) in [6, 6.07) is 14.2. The molecule has 0 aliphatic carbocycles. The summed E-state index contributed by atoms with van der Waals surface area (Å²) in [7, 11) is -3.85. The average molecular weight is 429 g/mol. The Morgan fingerprint density at radius 2 is 1.83 bits per heavy atom. The lowest BCUT2D eigenvalue weighted by Gasteiger charge is -2.12. The second-order valence-corrected chi connectivity index (χ2v) is 8.68. The van der Waals surface area contributed by atoms with Crippen molar-refractivity contribution in [3.8, 4) is 0 Å². The SMILES string of the molecule is Cc1ccc(S(=O)(=O)NCC(=O)OCC(=O)N2CCC(c3ccccc3)=N2)cc1C. The van der Waals surface area contributed by atoms with Crippen molar-refractivity contribution in [2.45, 2.75) is 25.2 Å². The van der Waals surface area contributed by atoms with E-state index in [1.807, 2.05) is 37.3 Å². The van der Waals surface area contributed by atoms with Gasteiger partial charge in [-0.25, -0.2) is 13.4 Å². The molecule has 9 heteroatoms. The molecule has 8 nitrogen and oxygen atoms in total. The third-order valence-corrected chi connectivity index (χ3v) is 6.15. The molecule has 1 N–H and O–H groups in total. The number of carbonyl (C=O) groups excluding carboxylic acids is 2. The van der Waals surface area contributed by atoms with Crippen LogP contribution in [0.15, 0.2) is 58.5 Å². The van der Waals surface area contributed by atoms with Gasteiger partial charge in [0.2, 0.25) is 10.0 Å². The predicted molar refractivity (Wildman–Crippen MR) is 111 cm³/mol. The molecule has 0 radical (unpaired) electrons. The average Bonchev–Trinajstić information content (AvgIpc) is 3.23. The molecule has 1 amide bonds. The fourth-order valence-electron chi connectivity index (χ4n) is 2.86. The number of nitrogens with zero attached hydrogens (tertiary/aromatic N) is 2. The van der Waals surface area contributed by atoms with E-state index in [1.54, 1.807) is 13.0 Å². The minimum atomic E-state index is -3.85. The highest BCUT2D eigenvalue weighted by Gasteiger charge is 2.23. The highest BCUT2D eigenvalue weighted by Crippen LogP contribution is 2.15. The first kappa shape index (κ1) is 21.7. The Bertz CT molecular complexity index is 1080.